The zero-order valence-corrected chi connectivity index (χ0v) is 14.1. The number of hydrogen-bond acceptors (Lipinski definition) is 4. The summed E-state index contributed by atoms with van der Waals surface area (Å²) in [6.45, 7) is 1.02. The van der Waals surface area contributed by atoms with E-state index in [1.54, 1.807) is 16.2 Å². The molecule has 0 radical (unpaired) electrons. The minimum atomic E-state index is -0.115. The molecule has 0 saturated carbocycles. The van der Waals surface area contributed by atoms with Crippen molar-refractivity contribution in [1.29, 1.82) is 0 Å². The molecule has 1 aromatic carbocycles. The number of rotatable bonds is 6. The van der Waals surface area contributed by atoms with Crippen LogP contribution >= 0.6 is 11.3 Å². The average molecular weight is 331 g/mol. The summed E-state index contributed by atoms with van der Waals surface area (Å²) in [7, 11) is 1.83. The number of likely N-dealkylation sites (N-methyl/N-ethyl adjacent to an activating group) is 1. The molecule has 2 heterocycles. The van der Waals surface area contributed by atoms with E-state index in [1.807, 2.05) is 37.4 Å². The molecule has 1 aromatic heterocycles. The van der Waals surface area contributed by atoms with E-state index in [4.69, 9.17) is 9.47 Å². The number of benzene rings is 1. The highest BCUT2D eigenvalue weighted by molar-refractivity contribution is 7.09. The lowest BCUT2D eigenvalue weighted by Crippen LogP contribution is -2.41. The topological polar surface area (TPSA) is 38.8 Å². The van der Waals surface area contributed by atoms with Crippen LogP contribution in [0, 0.1) is 0 Å². The summed E-state index contributed by atoms with van der Waals surface area (Å²) in [4.78, 5) is 15.3. The minimum absolute atomic E-state index is 0.115. The molecule has 1 aliphatic heterocycles. The van der Waals surface area contributed by atoms with Gasteiger partial charge in [0.25, 0.3) is 0 Å². The predicted molar refractivity (Wildman–Crippen MR) is 91.2 cm³/mol. The Hall–Kier alpha value is -2.01. The number of carbonyl (C=O) groups is 1. The lowest BCUT2D eigenvalue weighted by Gasteiger charge is -2.29. The molecule has 0 unspecified atom stereocenters. The van der Waals surface area contributed by atoms with Crippen LogP contribution in [0.2, 0.25) is 0 Å². The van der Waals surface area contributed by atoms with Crippen LogP contribution in [-0.4, -0.2) is 37.1 Å². The van der Waals surface area contributed by atoms with Crippen LogP contribution in [0.5, 0.6) is 11.5 Å². The summed E-state index contributed by atoms with van der Waals surface area (Å²) in [5, 5.41) is 2.07. The lowest BCUT2D eigenvalue weighted by molar-refractivity contribution is -0.131. The molecule has 1 amide bonds. The summed E-state index contributed by atoms with van der Waals surface area (Å²) < 4.78 is 11.6. The number of amides is 1. The molecule has 0 saturated heterocycles. The van der Waals surface area contributed by atoms with Gasteiger partial charge < -0.3 is 14.4 Å². The smallest absolute Gasteiger partial charge is 0.222 e. The third-order valence-corrected chi connectivity index (χ3v) is 4.80. The van der Waals surface area contributed by atoms with Crippen molar-refractivity contribution in [3.8, 4) is 11.5 Å². The molecule has 0 N–H and O–H groups in total. The van der Waals surface area contributed by atoms with Crippen LogP contribution in [-0.2, 0) is 11.2 Å². The zero-order chi connectivity index (χ0) is 16.1. The number of thiophene rings is 1. The van der Waals surface area contributed by atoms with E-state index >= 15 is 0 Å². The van der Waals surface area contributed by atoms with Gasteiger partial charge >= 0.3 is 0 Å². The van der Waals surface area contributed by atoms with Crippen molar-refractivity contribution in [2.24, 2.45) is 0 Å². The van der Waals surface area contributed by atoms with E-state index < -0.39 is 0 Å². The number of para-hydroxylation sites is 2. The third-order valence-electron chi connectivity index (χ3n) is 3.86. The third kappa shape index (κ3) is 4.26. The maximum absolute atomic E-state index is 12.2. The van der Waals surface area contributed by atoms with E-state index in [1.165, 1.54) is 4.88 Å². The molecule has 4 nitrogen and oxygen atoms in total. The van der Waals surface area contributed by atoms with Crippen LogP contribution in [0.4, 0.5) is 0 Å². The van der Waals surface area contributed by atoms with Crippen molar-refractivity contribution in [2.45, 2.75) is 25.4 Å². The summed E-state index contributed by atoms with van der Waals surface area (Å²) >= 11 is 1.74. The van der Waals surface area contributed by atoms with E-state index in [-0.39, 0.29) is 12.0 Å². The van der Waals surface area contributed by atoms with Gasteiger partial charge in [-0.1, -0.05) is 18.2 Å². The Bertz CT molecular complexity index is 641. The highest BCUT2D eigenvalue weighted by Crippen LogP contribution is 2.30. The van der Waals surface area contributed by atoms with Gasteiger partial charge in [0.1, 0.15) is 6.61 Å². The van der Waals surface area contributed by atoms with Gasteiger partial charge in [0.05, 0.1) is 6.54 Å². The molecule has 0 spiro atoms. The molecule has 0 aliphatic carbocycles. The Balaban J connectivity index is 1.43. The molecule has 23 heavy (non-hydrogen) atoms. The van der Waals surface area contributed by atoms with Crippen LogP contribution in [0.3, 0.4) is 0 Å². The van der Waals surface area contributed by atoms with Gasteiger partial charge in [-0.3, -0.25) is 4.79 Å². The number of hydrogen-bond donors (Lipinski definition) is 0. The number of fused-ring (bicyclic) bond motifs is 1. The second kappa shape index (κ2) is 7.51. The predicted octanol–water partition coefficient (Wildman–Crippen LogP) is 3.37. The fraction of sp³-hybridized carbons (Fsp3) is 0.389. The summed E-state index contributed by atoms with van der Waals surface area (Å²) in [5.41, 5.74) is 0. The number of aryl methyl sites for hydroxylation is 1. The average Bonchev–Trinajstić information content (AvgIpc) is 3.08. The van der Waals surface area contributed by atoms with E-state index in [9.17, 15) is 4.79 Å². The monoisotopic (exact) mass is 331 g/mol. The summed E-state index contributed by atoms with van der Waals surface area (Å²) in [6.07, 6.45) is 2.30. The first-order valence-corrected chi connectivity index (χ1v) is 8.75. The molecule has 3 rings (SSSR count). The molecule has 1 aliphatic rings. The Kier molecular flexibility index (Phi) is 5.18. The van der Waals surface area contributed by atoms with Crippen LogP contribution in [0.25, 0.3) is 0 Å². The molecule has 1 atom stereocenters. The summed E-state index contributed by atoms with van der Waals surface area (Å²) in [5.74, 6) is 1.68. The quantitative estimate of drug-likeness (QED) is 0.815. The zero-order valence-electron chi connectivity index (χ0n) is 13.2. The first-order chi connectivity index (χ1) is 11.2. The Labute approximate surface area is 140 Å². The van der Waals surface area contributed by atoms with Gasteiger partial charge in [-0.2, -0.15) is 0 Å². The minimum Gasteiger partial charge on any atom is -0.486 e. The van der Waals surface area contributed by atoms with Gasteiger partial charge in [0, 0.05) is 18.3 Å². The van der Waals surface area contributed by atoms with Crippen molar-refractivity contribution in [3.63, 3.8) is 0 Å². The highest BCUT2D eigenvalue weighted by atomic mass is 32.1. The summed E-state index contributed by atoms with van der Waals surface area (Å²) in [6, 6.07) is 11.8. The Morgan fingerprint density at radius 3 is 2.87 bits per heavy atom. The molecule has 122 valence electrons. The van der Waals surface area contributed by atoms with E-state index in [2.05, 4.69) is 11.4 Å². The molecule has 2 aromatic rings. The molecular weight excluding hydrogens is 310 g/mol. The van der Waals surface area contributed by atoms with Crippen molar-refractivity contribution in [2.75, 3.05) is 20.2 Å². The Morgan fingerprint density at radius 1 is 1.26 bits per heavy atom. The van der Waals surface area contributed by atoms with Crippen molar-refractivity contribution < 1.29 is 14.3 Å². The standard InChI is InChI=1S/C18H21NO3S/c1-19(18(20)10-4-6-15-7-5-11-23-15)12-14-13-21-16-8-2-3-9-17(16)22-14/h2-3,5,7-9,11,14H,4,6,10,12-13H2,1H3/t14-/m0/s1. The number of ether oxygens (including phenoxy) is 2. The molecular formula is C18H21NO3S. The number of carbonyl (C=O) groups excluding carboxylic acids is 1. The fourth-order valence-corrected chi connectivity index (χ4v) is 3.37. The SMILES string of the molecule is CN(C[C@H]1COc2ccccc2O1)C(=O)CCCc1cccs1. The van der Waals surface area contributed by atoms with Crippen LogP contribution in [0.15, 0.2) is 41.8 Å². The highest BCUT2D eigenvalue weighted by Gasteiger charge is 2.23. The van der Waals surface area contributed by atoms with Gasteiger partial charge in [-0.05, 0) is 36.4 Å². The Morgan fingerprint density at radius 2 is 2.09 bits per heavy atom. The first kappa shape index (κ1) is 15.9. The van der Waals surface area contributed by atoms with Gasteiger partial charge in [0.15, 0.2) is 17.6 Å². The molecule has 5 heteroatoms. The first-order valence-electron chi connectivity index (χ1n) is 7.87. The second-order valence-electron chi connectivity index (χ2n) is 5.70. The fourth-order valence-electron chi connectivity index (χ4n) is 2.62. The molecule has 0 fully saturated rings. The van der Waals surface area contributed by atoms with Crippen molar-refractivity contribution >= 4 is 17.2 Å². The van der Waals surface area contributed by atoms with Crippen LogP contribution in [0.1, 0.15) is 17.7 Å². The van der Waals surface area contributed by atoms with E-state index in [0.717, 1.165) is 24.3 Å². The lowest BCUT2D eigenvalue weighted by atomic mass is 10.2. The van der Waals surface area contributed by atoms with Crippen LogP contribution < -0.4 is 9.47 Å². The van der Waals surface area contributed by atoms with Gasteiger partial charge in [-0.15, -0.1) is 11.3 Å². The van der Waals surface area contributed by atoms with Gasteiger partial charge in [-0.25, -0.2) is 0 Å². The normalized spacial score (nSPS) is 16.1. The number of nitrogens with zero attached hydrogens (tertiary/aromatic N) is 1. The van der Waals surface area contributed by atoms with Gasteiger partial charge in [0.2, 0.25) is 5.91 Å². The molecule has 0 bridgehead atoms. The maximum Gasteiger partial charge on any atom is 0.222 e. The van der Waals surface area contributed by atoms with E-state index in [0.29, 0.717) is 19.6 Å². The van der Waals surface area contributed by atoms with Crippen molar-refractivity contribution in [3.05, 3.63) is 46.7 Å². The largest absolute Gasteiger partial charge is 0.486 e. The maximum atomic E-state index is 12.2. The second-order valence-corrected chi connectivity index (χ2v) is 6.74. The van der Waals surface area contributed by atoms with Crippen molar-refractivity contribution in [1.82, 2.24) is 4.90 Å².